The van der Waals surface area contributed by atoms with Crippen LogP contribution in [0.25, 0.3) is 0 Å². The largest absolute Gasteiger partial charge is 0.394 e. The van der Waals surface area contributed by atoms with Crippen LogP contribution in [-0.2, 0) is 4.79 Å². The van der Waals surface area contributed by atoms with Gasteiger partial charge in [0, 0.05) is 7.05 Å². The van der Waals surface area contributed by atoms with Gasteiger partial charge in [-0.05, 0) is 19.8 Å². The first-order valence-electron chi connectivity index (χ1n) is 5.13. The molecule has 3 N–H and O–H groups in total. The van der Waals surface area contributed by atoms with E-state index in [1.807, 2.05) is 0 Å². The van der Waals surface area contributed by atoms with Crippen LogP contribution in [0.3, 0.4) is 0 Å². The van der Waals surface area contributed by atoms with Crippen LogP contribution in [0.4, 0.5) is 0 Å². The van der Waals surface area contributed by atoms with Gasteiger partial charge in [-0.15, -0.1) is 0 Å². The molecule has 0 aliphatic heterocycles. The summed E-state index contributed by atoms with van der Waals surface area (Å²) < 4.78 is 0. The van der Waals surface area contributed by atoms with E-state index >= 15 is 0 Å². The van der Waals surface area contributed by atoms with E-state index in [0.717, 1.165) is 19.3 Å². The topological polar surface area (TPSA) is 66.6 Å². The molecule has 1 rings (SSSR count). The second-order valence-electron chi connectivity index (χ2n) is 4.25. The van der Waals surface area contributed by atoms with Crippen molar-refractivity contribution in [3.63, 3.8) is 0 Å². The fraction of sp³-hybridized carbons (Fsp3) is 0.800. The van der Waals surface area contributed by atoms with Gasteiger partial charge in [0.15, 0.2) is 0 Å². The van der Waals surface area contributed by atoms with Crippen molar-refractivity contribution in [2.75, 3.05) is 13.7 Å². The molecular formula is C10H18N2O2S. The van der Waals surface area contributed by atoms with Gasteiger partial charge in [-0.3, -0.25) is 4.79 Å². The molecule has 0 bridgehead atoms. The van der Waals surface area contributed by atoms with Crippen LogP contribution in [0.1, 0.15) is 26.2 Å². The van der Waals surface area contributed by atoms with Gasteiger partial charge < -0.3 is 15.7 Å². The van der Waals surface area contributed by atoms with E-state index in [1.165, 1.54) is 0 Å². The van der Waals surface area contributed by atoms with Crippen LogP contribution in [0.2, 0.25) is 0 Å². The summed E-state index contributed by atoms with van der Waals surface area (Å²) in [6.07, 6.45) is 2.47. The number of aliphatic hydroxyl groups is 1. The molecule has 0 radical (unpaired) electrons. The van der Waals surface area contributed by atoms with Crippen molar-refractivity contribution in [2.24, 2.45) is 11.1 Å². The molecule has 4 nitrogen and oxygen atoms in total. The Balaban J connectivity index is 2.78. The van der Waals surface area contributed by atoms with Crippen LogP contribution in [0.15, 0.2) is 0 Å². The number of nitrogens with zero attached hydrogens (tertiary/aromatic N) is 1. The van der Waals surface area contributed by atoms with E-state index in [9.17, 15) is 4.79 Å². The Kier molecular flexibility index (Phi) is 3.67. The van der Waals surface area contributed by atoms with E-state index in [0.29, 0.717) is 0 Å². The maximum Gasteiger partial charge on any atom is 0.235 e. The summed E-state index contributed by atoms with van der Waals surface area (Å²) in [7, 11) is 1.68. The first-order chi connectivity index (χ1) is 6.95. The Hall–Kier alpha value is -0.680. The molecule has 0 aromatic heterocycles. The highest BCUT2D eigenvalue weighted by atomic mass is 32.1. The minimum absolute atomic E-state index is 0.0460. The third-order valence-corrected chi connectivity index (χ3v) is 3.72. The Labute approximate surface area is 95.4 Å². The SMILES string of the molecule is CC(CO)N(C)C(=O)C1(C(N)=S)CCC1. The lowest BCUT2D eigenvalue weighted by Crippen LogP contribution is -2.55. The second-order valence-corrected chi connectivity index (χ2v) is 4.69. The minimum Gasteiger partial charge on any atom is -0.394 e. The molecule has 5 heteroatoms. The highest BCUT2D eigenvalue weighted by Gasteiger charge is 2.48. The fourth-order valence-electron chi connectivity index (χ4n) is 1.76. The van der Waals surface area contributed by atoms with Crippen LogP contribution in [0, 0.1) is 5.41 Å². The van der Waals surface area contributed by atoms with Crippen LogP contribution in [-0.4, -0.2) is 40.6 Å². The smallest absolute Gasteiger partial charge is 0.235 e. The molecule has 1 saturated carbocycles. The van der Waals surface area contributed by atoms with Gasteiger partial charge in [-0.2, -0.15) is 0 Å². The normalized spacial score (nSPS) is 20.2. The zero-order chi connectivity index (χ0) is 11.6. The summed E-state index contributed by atoms with van der Waals surface area (Å²) in [5.41, 5.74) is 5.00. The van der Waals surface area contributed by atoms with Gasteiger partial charge in [-0.1, -0.05) is 18.6 Å². The molecule has 86 valence electrons. The molecule has 1 unspecified atom stereocenters. The summed E-state index contributed by atoms with van der Waals surface area (Å²) in [5.74, 6) is -0.0530. The van der Waals surface area contributed by atoms with Crippen molar-refractivity contribution in [3.8, 4) is 0 Å². The van der Waals surface area contributed by atoms with Crippen molar-refractivity contribution in [3.05, 3.63) is 0 Å². The molecular weight excluding hydrogens is 212 g/mol. The Bertz CT molecular complexity index is 277. The number of rotatable bonds is 4. The first-order valence-corrected chi connectivity index (χ1v) is 5.54. The van der Waals surface area contributed by atoms with E-state index in [4.69, 9.17) is 23.1 Å². The zero-order valence-electron chi connectivity index (χ0n) is 9.19. The third-order valence-electron chi connectivity index (χ3n) is 3.33. The number of carbonyl (C=O) groups excluding carboxylic acids is 1. The maximum absolute atomic E-state index is 12.1. The summed E-state index contributed by atoms with van der Waals surface area (Å²) in [4.78, 5) is 14.0. The van der Waals surface area contributed by atoms with Gasteiger partial charge in [-0.25, -0.2) is 0 Å². The summed E-state index contributed by atoms with van der Waals surface area (Å²) in [5, 5.41) is 8.99. The average molecular weight is 230 g/mol. The van der Waals surface area contributed by atoms with Crippen molar-refractivity contribution in [1.82, 2.24) is 4.90 Å². The van der Waals surface area contributed by atoms with Gasteiger partial charge in [0.05, 0.1) is 23.1 Å². The standard InChI is InChI=1S/C10H18N2O2S/c1-7(6-13)12(2)9(14)10(8(11)15)4-3-5-10/h7,13H,3-6H2,1-2H3,(H2,11,15). The summed E-state index contributed by atoms with van der Waals surface area (Å²) >= 11 is 4.97. The summed E-state index contributed by atoms with van der Waals surface area (Å²) in [6.45, 7) is 1.75. The predicted octanol–water partition coefficient (Wildman–Crippen LogP) is 0.282. The van der Waals surface area contributed by atoms with Gasteiger partial charge in [0.2, 0.25) is 5.91 Å². The number of likely N-dealkylation sites (N-methyl/N-ethyl adjacent to an activating group) is 1. The Morgan fingerprint density at radius 2 is 2.20 bits per heavy atom. The van der Waals surface area contributed by atoms with Crippen LogP contribution >= 0.6 is 12.2 Å². The highest BCUT2D eigenvalue weighted by Crippen LogP contribution is 2.42. The second kappa shape index (κ2) is 4.45. The highest BCUT2D eigenvalue weighted by molar-refractivity contribution is 7.80. The monoisotopic (exact) mass is 230 g/mol. The lowest BCUT2D eigenvalue weighted by molar-refractivity contribution is -0.143. The number of hydrogen-bond acceptors (Lipinski definition) is 3. The number of amides is 1. The van der Waals surface area contributed by atoms with Crippen molar-refractivity contribution in [1.29, 1.82) is 0 Å². The van der Waals surface area contributed by atoms with E-state index in [2.05, 4.69) is 0 Å². The molecule has 15 heavy (non-hydrogen) atoms. The molecule has 1 aliphatic rings. The predicted molar refractivity (Wildman–Crippen MR) is 62.4 cm³/mol. The van der Waals surface area contributed by atoms with Gasteiger partial charge in [0.1, 0.15) is 0 Å². The molecule has 0 aromatic rings. The zero-order valence-corrected chi connectivity index (χ0v) is 10.0. The van der Waals surface area contributed by atoms with Crippen LogP contribution in [0.5, 0.6) is 0 Å². The Morgan fingerprint density at radius 3 is 2.47 bits per heavy atom. The number of carbonyl (C=O) groups is 1. The van der Waals surface area contributed by atoms with E-state index in [-0.39, 0.29) is 23.5 Å². The molecule has 0 heterocycles. The van der Waals surface area contributed by atoms with E-state index < -0.39 is 5.41 Å². The molecule has 0 aromatic carbocycles. The van der Waals surface area contributed by atoms with E-state index in [1.54, 1.807) is 18.9 Å². The number of nitrogens with two attached hydrogens (primary N) is 1. The van der Waals surface area contributed by atoms with Crippen molar-refractivity contribution >= 4 is 23.1 Å². The summed E-state index contributed by atoms with van der Waals surface area (Å²) in [6, 6.07) is -0.190. The van der Waals surface area contributed by atoms with Gasteiger partial charge >= 0.3 is 0 Å². The third kappa shape index (κ3) is 1.99. The Morgan fingerprint density at radius 1 is 1.67 bits per heavy atom. The first kappa shape index (κ1) is 12.4. The number of hydrogen-bond donors (Lipinski definition) is 2. The molecule has 1 fully saturated rings. The lowest BCUT2D eigenvalue weighted by atomic mass is 9.67. The van der Waals surface area contributed by atoms with Crippen LogP contribution < -0.4 is 5.73 Å². The van der Waals surface area contributed by atoms with Gasteiger partial charge in [0.25, 0.3) is 0 Å². The number of aliphatic hydroxyl groups excluding tert-OH is 1. The fourth-order valence-corrected chi connectivity index (χ4v) is 2.05. The maximum atomic E-state index is 12.1. The molecule has 0 saturated heterocycles. The molecule has 0 spiro atoms. The number of thiocarbonyl (C=S) groups is 1. The lowest BCUT2D eigenvalue weighted by Gasteiger charge is -2.42. The molecule has 1 atom stereocenters. The molecule has 1 amide bonds. The van der Waals surface area contributed by atoms with Crippen molar-refractivity contribution in [2.45, 2.75) is 32.2 Å². The quantitative estimate of drug-likeness (QED) is 0.681. The molecule has 1 aliphatic carbocycles. The minimum atomic E-state index is -0.631. The average Bonchev–Trinajstić information content (AvgIpc) is 2.12. The van der Waals surface area contributed by atoms with Crippen molar-refractivity contribution < 1.29 is 9.90 Å².